The van der Waals surface area contributed by atoms with Gasteiger partial charge in [-0.1, -0.05) is 25.1 Å². The maximum atomic E-state index is 12.8. The highest BCUT2D eigenvalue weighted by atomic mass is 16.4. The lowest BCUT2D eigenvalue weighted by Crippen LogP contribution is -2.20. The van der Waals surface area contributed by atoms with E-state index in [-0.39, 0.29) is 17.4 Å². The Morgan fingerprint density at radius 2 is 1.81 bits per heavy atom. The number of carbonyl (C=O) groups excluding carboxylic acids is 1. The molecule has 2 aromatic carbocycles. The van der Waals surface area contributed by atoms with Gasteiger partial charge in [0, 0.05) is 11.5 Å². The smallest absolute Gasteiger partial charge is 0.323 e. The molecule has 1 aliphatic rings. The lowest BCUT2D eigenvalue weighted by atomic mass is 9.90. The number of carboxylic acid groups (broad SMARTS) is 1. The highest BCUT2D eigenvalue weighted by molar-refractivity contribution is 6.03. The number of rotatable bonds is 5. The number of ketones is 1. The van der Waals surface area contributed by atoms with Gasteiger partial charge in [0.25, 0.3) is 0 Å². The zero-order valence-electron chi connectivity index (χ0n) is 14.9. The molecule has 0 radical (unpaired) electrons. The SMILES string of the molecule is CCC(CC1Cc2ccc(-c3ccc4[nH]c(=O)[nH]c4c3)cc2C1=O)C(=O)O. The minimum Gasteiger partial charge on any atom is -0.481 e. The Morgan fingerprint density at radius 3 is 2.56 bits per heavy atom. The van der Waals surface area contributed by atoms with Gasteiger partial charge in [-0.3, -0.25) is 9.59 Å². The van der Waals surface area contributed by atoms with E-state index in [1.54, 1.807) is 0 Å². The maximum Gasteiger partial charge on any atom is 0.323 e. The fourth-order valence-corrected chi connectivity index (χ4v) is 3.93. The monoisotopic (exact) mass is 364 g/mol. The first-order valence-corrected chi connectivity index (χ1v) is 9.08. The van der Waals surface area contributed by atoms with Crippen molar-refractivity contribution in [3.8, 4) is 11.1 Å². The second-order valence-corrected chi connectivity index (χ2v) is 7.16. The summed E-state index contributed by atoms with van der Waals surface area (Å²) in [7, 11) is 0. The van der Waals surface area contributed by atoms with Crippen LogP contribution in [0.15, 0.2) is 41.2 Å². The molecule has 1 heterocycles. The molecule has 6 nitrogen and oxygen atoms in total. The fourth-order valence-electron chi connectivity index (χ4n) is 3.93. The quantitative estimate of drug-likeness (QED) is 0.646. The second-order valence-electron chi connectivity index (χ2n) is 7.16. The van der Waals surface area contributed by atoms with Crippen molar-refractivity contribution in [3.63, 3.8) is 0 Å². The molecule has 6 heteroatoms. The molecular formula is C21H20N2O4. The van der Waals surface area contributed by atoms with Crippen LogP contribution in [0.2, 0.25) is 0 Å². The van der Waals surface area contributed by atoms with Gasteiger partial charge in [0.15, 0.2) is 5.78 Å². The molecule has 3 aromatic rings. The predicted octanol–water partition coefficient (Wildman–Crippen LogP) is 3.38. The van der Waals surface area contributed by atoms with E-state index in [0.717, 1.165) is 27.7 Å². The van der Waals surface area contributed by atoms with Crippen LogP contribution in [0.4, 0.5) is 0 Å². The normalized spacial score (nSPS) is 17.2. The molecule has 0 saturated heterocycles. The van der Waals surface area contributed by atoms with Gasteiger partial charge in [0.1, 0.15) is 0 Å². The van der Waals surface area contributed by atoms with E-state index in [9.17, 15) is 19.5 Å². The molecule has 138 valence electrons. The summed E-state index contributed by atoms with van der Waals surface area (Å²) < 4.78 is 0. The summed E-state index contributed by atoms with van der Waals surface area (Å²) >= 11 is 0. The summed E-state index contributed by atoms with van der Waals surface area (Å²) in [5.74, 6) is -1.56. The number of aliphatic carboxylic acids is 1. The van der Waals surface area contributed by atoms with Crippen LogP contribution >= 0.6 is 0 Å². The number of nitrogens with one attached hydrogen (secondary N) is 2. The minimum absolute atomic E-state index is 0.0303. The molecule has 0 fully saturated rings. The molecular weight excluding hydrogens is 344 g/mol. The first-order chi connectivity index (χ1) is 13.0. The molecule has 1 aromatic heterocycles. The number of fused-ring (bicyclic) bond motifs is 2. The van der Waals surface area contributed by atoms with Crippen LogP contribution in [0.3, 0.4) is 0 Å². The van der Waals surface area contributed by atoms with Crippen molar-refractivity contribution in [1.82, 2.24) is 9.97 Å². The summed E-state index contributed by atoms with van der Waals surface area (Å²) in [6.45, 7) is 1.84. The van der Waals surface area contributed by atoms with Gasteiger partial charge in [-0.2, -0.15) is 0 Å². The van der Waals surface area contributed by atoms with Gasteiger partial charge >= 0.3 is 11.7 Å². The summed E-state index contributed by atoms with van der Waals surface area (Å²) in [5, 5.41) is 9.28. The fraction of sp³-hybridized carbons (Fsp3) is 0.286. The van der Waals surface area contributed by atoms with Gasteiger partial charge in [-0.25, -0.2) is 4.79 Å². The van der Waals surface area contributed by atoms with Crippen molar-refractivity contribution in [2.24, 2.45) is 11.8 Å². The van der Waals surface area contributed by atoms with Crippen LogP contribution in [-0.4, -0.2) is 26.8 Å². The topological polar surface area (TPSA) is 103 Å². The van der Waals surface area contributed by atoms with Crippen molar-refractivity contribution in [2.75, 3.05) is 0 Å². The molecule has 0 spiro atoms. The number of hydrogen-bond acceptors (Lipinski definition) is 3. The Hall–Kier alpha value is -3.15. The number of hydrogen-bond donors (Lipinski definition) is 3. The summed E-state index contributed by atoms with van der Waals surface area (Å²) in [5.41, 5.74) is 4.67. The van der Waals surface area contributed by atoms with Gasteiger partial charge in [0.2, 0.25) is 0 Å². The van der Waals surface area contributed by atoms with Crippen LogP contribution < -0.4 is 5.69 Å². The van der Waals surface area contributed by atoms with Crippen LogP contribution in [0, 0.1) is 11.8 Å². The van der Waals surface area contributed by atoms with Crippen molar-refractivity contribution >= 4 is 22.8 Å². The van der Waals surface area contributed by atoms with E-state index in [1.807, 2.05) is 43.3 Å². The molecule has 2 atom stereocenters. The molecule has 0 aliphatic heterocycles. The molecule has 0 amide bonds. The molecule has 2 unspecified atom stereocenters. The third-order valence-corrected chi connectivity index (χ3v) is 5.47. The molecule has 0 bridgehead atoms. The predicted molar refractivity (Wildman–Crippen MR) is 102 cm³/mol. The number of H-pyrrole nitrogens is 2. The van der Waals surface area contributed by atoms with E-state index < -0.39 is 11.9 Å². The van der Waals surface area contributed by atoms with Gasteiger partial charge in [-0.05, 0) is 54.2 Å². The number of benzene rings is 2. The van der Waals surface area contributed by atoms with Gasteiger partial charge < -0.3 is 15.1 Å². The number of carboxylic acids is 1. The first-order valence-electron chi connectivity index (χ1n) is 9.08. The van der Waals surface area contributed by atoms with E-state index in [1.165, 1.54) is 0 Å². The number of imidazole rings is 1. The lowest BCUT2D eigenvalue weighted by Gasteiger charge is -2.13. The highest BCUT2D eigenvalue weighted by Crippen LogP contribution is 2.34. The Labute approximate surface area is 155 Å². The van der Waals surface area contributed by atoms with E-state index in [4.69, 9.17) is 0 Å². The van der Waals surface area contributed by atoms with Crippen LogP contribution in [0.5, 0.6) is 0 Å². The maximum absolute atomic E-state index is 12.8. The number of aromatic amines is 2. The van der Waals surface area contributed by atoms with Crippen molar-refractivity contribution in [2.45, 2.75) is 26.2 Å². The summed E-state index contributed by atoms with van der Waals surface area (Å²) in [6, 6.07) is 11.4. The molecule has 1 aliphatic carbocycles. The van der Waals surface area contributed by atoms with E-state index in [0.29, 0.717) is 24.8 Å². The van der Waals surface area contributed by atoms with Crippen LogP contribution in [-0.2, 0) is 11.2 Å². The minimum atomic E-state index is -0.837. The Morgan fingerprint density at radius 1 is 1.11 bits per heavy atom. The Bertz CT molecular complexity index is 1110. The van der Waals surface area contributed by atoms with Crippen molar-refractivity contribution in [3.05, 3.63) is 58.0 Å². The zero-order valence-corrected chi connectivity index (χ0v) is 14.9. The number of aromatic nitrogens is 2. The molecule has 3 N–H and O–H groups in total. The zero-order chi connectivity index (χ0) is 19.1. The van der Waals surface area contributed by atoms with Crippen molar-refractivity contribution < 1.29 is 14.7 Å². The van der Waals surface area contributed by atoms with Gasteiger partial charge in [0.05, 0.1) is 17.0 Å². The molecule has 4 rings (SSSR count). The van der Waals surface area contributed by atoms with Gasteiger partial charge in [-0.15, -0.1) is 0 Å². The van der Waals surface area contributed by atoms with E-state index in [2.05, 4.69) is 9.97 Å². The van der Waals surface area contributed by atoms with Crippen LogP contribution in [0.1, 0.15) is 35.7 Å². The third kappa shape index (κ3) is 3.07. The standard InChI is InChI=1S/C21H20N2O4/c1-2-11(20(25)26)7-15-8-14-4-3-12(9-16(14)19(15)24)13-5-6-17-18(10-13)23-21(27)22-17/h3-6,9-11,15H,2,7-8H2,1H3,(H,25,26)(H2,22,23,27). The largest absolute Gasteiger partial charge is 0.481 e. The summed E-state index contributed by atoms with van der Waals surface area (Å²) in [4.78, 5) is 41.0. The van der Waals surface area contributed by atoms with Crippen LogP contribution in [0.25, 0.3) is 22.2 Å². The average molecular weight is 364 g/mol. The Balaban J connectivity index is 1.64. The van der Waals surface area contributed by atoms with E-state index >= 15 is 0 Å². The lowest BCUT2D eigenvalue weighted by molar-refractivity contribution is -0.142. The number of Topliss-reactive ketones (excluding diaryl/α,β-unsaturated/α-hetero) is 1. The third-order valence-electron chi connectivity index (χ3n) is 5.47. The van der Waals surface area contributed by atoms with Crippen molar-refractivity contribution in [1.29, 1.82) is 0 Å². The highest BCUT2D eigenvalue weighted by Gasteiger charge is 2.33. The molecule has 27 heavy (non-hydrogen) atoms. The molecule has 0 saturated carbocycles. The number of carbonyl (C=O) groups is 2. The Kier molecular flexibility index (Phi) is 4.18. The average Bonchev–Trinajstić information content (AvgIpc) is 3.17. The summed E-state index contributed by atoms with van der Waals surface area (Å²) in [6.07, 6.45) is 1.50. The second kappa shape index (κ2) is 6.54. The first kappa shape index (κ1) is 17.3.